The first-order valence-electron chi connectivity index (χ1n) is 9.06. The van der Waals surface area contributed by atoms with Gasteiger partial charge in [-0.1, -0.05) is 79.6 Å². The predicted molar refractivity (Wildman–Crippen MR) is 87.4 cm³/mol. The molecule has 0 aromatic rings. The van der Waals surface area contributed by atoms with Crippen LogP contribution < -0.4 is 0 Å². The van der Waals surface area contributed by atoms with Crippen molar-refractivity contribution in [1.82, 2.24) is 0 Å². The Morgan fingerprint density at radius 3 is 1.89 bits per heavy atom. The Hall–Kier alpha value is 0. The molecule has 0 N–H and O–H groups in total. The average Bonchev–Trinajstić information content (AvgIpc) is 3.08. The molecule has 0 bridgehead atoms. The summed E-state index contributed by atoms with van der Waals surface area (Å²) in [5, 5.41) is 0. The summed E-state index contributed by atoms with van der Waals surface area (Å²) in [4.78, 5) is 0. The van der Waals surface area contributed by atoms with Crippen LogP contribution in [-0.2, 0) is 0 Å². The van der Waals surface area contributed by atoms with Gasteiger partial charge in [-0.15, -0.1) is 0 Å². The van der Waals surface area contributed by atoms with Crippen molar-refractivity contribution >= 4 is 0 Å². The van der Waals surface area contributed by atoms with Crippen LogP contribution in [-0.4, -0.2) is 0 Å². The third kappa shape index (κ3) is 6.82. The molecule has 4 unspecified atom stereocenters. The largest absolute Gasteiger partial charge is 0.0651 e. The van der Waals surface area contributed by atoms with Gasteiger partial charge in [-0.3, -0.25) is 0 Å². The summed E-state index contributed by atoms with van der Waals surface area (Å²) < 4.78 is 0. The Morgan fingerprint density at radius 2 is 1.42 bits per heavy atom. The van der Waals surface area contributed by atoms with Gasteiger partial charge in [0.1, 0.15) is 0 Å². The van der Waals surface area contributed by atoms with Gasteiger partial charge in [-0.25, -0.2) is 0 Å². The second-order valence-corrected chi connectivity index (χ2v) is 7.64. The van der Waals surface area contributed by atoms with Crippen molar-refractivity contribution in [2.24, 2.45) is 29.6 Å². The maximum absolute atomic E-state index is 2.44. The zero-order valence-corrected chi connectivity index (χ0v) is 14.3. The minimum absolute atomic E-state index is 0.903. The number of hydrogen-bond acceptors (Lipinski definition) is 0. The summed E-state index contributed by atoms with van der Waals surface area (Å²) >= 11 is 0. The second-order valence-electron chi connectivity index (χ2n) is 7.64. The van der Waals surface area contributed by atoms with E-state index in [4.69, 9.17) is 0 Å². The molecule has 0 heteroatoms. The standard InChI is InChI=1S/C19H38/c1-6-16(4)12-10-8-7-9-11-13-18(15(2)3)19-14-17(19)5/h15-19H,6-14H2,1-5H3. The molecule has 1 saturated carbocycles. The zero-order chi connectivity index (χ0) is 14.3. The Kier molecular flexibility index (Phi) is 8.11. The molecule has 0 radical (unpaired) electrons. The van der Waals surface area contributed by atoms with Gasteiger partial charge >= 0.3 is 0 Å². The van der Waals surface area contributed by atoms with Crippen LogP contribution in [0.2, 0.25) is 0 Å². The first-order valence-corrected chi connectivity index (χ1v) is 9.06. The summed E-state index contributed by atoms with van der Waals surface area (Å²) in [6.07, 6.45) is 13.2. The molecular weight excluding hydrogens is 228 g/mol. The van der Waals surface area contributed by atoms with Gasteiger partial charge in [0.15, 0.2) is 0 Å². The highest BCUT2D eigenvalue weighted by atomic mass is 14.4. The van der Waals surface area contributed by atoms with Crippen molar-refractivity contribution in [3.8, 4) is 0 Å². The molecular formula is C19H38. The third-order valence-electron chi connectivity index (χ3n) is 5.51. The first-order chi connectivity index (χ1) is 9.06. The highest BCUT2D eigenvalue weighted by Gasteiger charge is 2.39. The van der Waals surface area contributed by atoms with Gasteiger partial charge in [0.2, 0.25) is 0 Å². The van der Waals surface area contributed by atoms with Crippen molar-refractivity contribution in [3.05, 3.63) is 0 Å². The molecule has 1 aliphatic rings. The SMILES string of the molecule is CCC(C)CCCCCCCC(C(C)C)C1CC1C. The summed E-state index contributed by atoms with van der Waals surface area (Å²) in [7, 11) is 0. The van der Waals surface area contributed by atoms with Crippen LogP contribution in [0, 0.1) is 29.6 Å². The number of rotatable bonds is 11. The van der Waals surface area contributed by atoms with Gasteiger partial charge in [0.05, 0.1) is 0 Å². The maximum atomic E-state index is 2.44. The van der Waals surface area contributed by atoms with Crippen molar-refractivity contribution in [1.29, 1.82) is 0 Å². The highest BCUT2D eigenvalue weighted by molar-refractivity contribution is 4.89. The smallest absolute Gasteiger partial charge is 0.0355 e. The summed E-state index contributed by atoms with van der Waals surface area (Å²) in [5.41, 5.74) is 0. The average molecular weight is 267 g/mol. The number of unbranched alkanes of at least 4 members (excludes halogenated alkanes) is 4. The quantitative estimate of drug-likeness (QED) is 0.365. The molecule has 1 rings (SSSR count). The summed E-state index contributed by atoms with van der Waals surface area (Å²) in [6, 6.07) is 0. The Balaban J connectivity index is 1.97. The molecule has 1 aliphatic carbocycles. The Bertz CT molecular complexity index is 218. The van der Waals surface area contributed by atoms with E-state index < -0.39 is 0 Å². The molecule has 0 aromatic carbocycles. The molecule has 4 atom stereocenters. The van der Waals surface area contributed by atoms with E-state index >= 15 is 0 Å². The van der Waals surface area contributed by atoms with Gasteiger partial charge in [0, 0.05) is 0 Å². The fraction of sp³-hybridized carbons (Fsp3) is 1.00. The van der Waals surface area contributed by atoms with Crippen molar-refractivity contribution < 1.29 is 0 Å². The van der Waals surface area contributed by atoms with E-state index in [1.165, 1.54) is 57.8 Å². The van der Waals surface area contributed by atoms with Crippen LogP contribution in [0.3, 0.4) is 0 Å². The van der Waals surface area contributed by atoms with E-state index in [1.54, 1.807) is 0 Å². The lowest BCUT2D eigenvalue weighted by Crippen LogP contribution is -2.12. The summed E-state index contributed by atoms with van der Waals surface area (Å²) in [5.74, 6) is 4.98. The highest BCUT2D eigenvalue weighted by Crippen LogP contribution is 2.48. The monoisotopic (exact) mass is 266 g/mol. The minimum Gasteiger partial charge on any atom is -0.0651 e. The lowest BCUT2D eigenvalue weighted by molar-refractivity contribution is 0.295. The maximum Gasteiger partial charge on any atom is -0.0355 e. The van der Waals surface area contributed by atoms with Crippen molar-refractivity contribution in [3.63, 3.8) is 0 Å². The normalized spacial score (nSPS) is 25.6. The van der Waals surface area contributed by atoms with Crippen LogP contribution in [0.5, 0.6) is 0 Å². The first kappa shape index (κ1) is 17.1. The molecule has 19 heavy (non-hydrogen) atoms. The minimum atomic E-state index is 0.903. The molecule has 0 spiro atoms. The van der Waals surface area contributed by atoms with E-state index in [9.17, 15) is 0 Å². The topological polar surface area (TPSA) is 0 Å². The van der Waals surface area contributed by atoms with E-state index in [-0.39, 0.29) is 0 Å². The van der Waals surface area contributed by atoms with E-state index in [2.05, 4.69) is 34.6 Å². The Morgan fingerprint density at radius 1 is 0.895 bits per heavy atom. The van der Waals surface area contributed by atoms with Crippen LogP contribution in [0.25, 0.3) is 0 Å². The molecule has 0 aromatic heterocycles. The van der Waals surface area contributed by atoms with Crippen LogP contribution >= 0.6 is 0 Å². The third-order valence-corrected chi connectivity index (χ3v) is 5.51. The molecule has 0 saturated heterocycles. The molecule has 0 nitrogen and oxygen atoms in total. The van der Waals surface area contributed by atoms with Crippen LogP contribution in [0.4, 0.5) is 0 Å². The molecule has 0 amide bonds. The van der Waals surface area contributed by atoms with Gasteiger partial charge in [-0.05, 0) is 42.4 Å². The molecule has 0 heterocycles. The second kappa shape index (κ2) is 9.03. The van der Waals surface area contributed by atoms with Gasteiger partial charge < -0.3 is 0 Å². The molecule has 0 aliphatic heterocycles. The number of hydrogen-bond donors (Lipinski definition) is 0. The fourth-order valence-electron chi connectivity index (χ4n) is 3.60. The lowest BCUT2D eigenvalue weighted by Gasteiger charge is -2.20. The predicted octanol–water partition coefficient (Wildman–Crippen LogP) is 6.69. The van der Waals surface area contributed by atoms with Crippen LogP contribution in [0.15, 0.2) is 0 Å². The molecule has 114 valence electrons. The summed E-state index contributed by atoms with van der Waals surface area (Å²) in [6.45, 7) is 12.0. The van der Waals surface area contributed by atoms with Gasteiger partial charge in [0.25, 0.3) is 0 Å². The lowest BCUT2D eigenvalue weighted by atomic mass is 9.85. The van der Waals surface area contributed by atoms with Gasteiger partial charge in [-0.2, -0.15) is 0 Å². The Labute approximate surface area is 122 Å². The fourth-order valence-corrected chi connectivity index (χ4v) is 3.60. The van der Waals surface area contributed by atoms with Crippen molar-refractivity contribution in [2.75, 3.05) is 0 Å². The molecule has 1 fully saturated rings. The van der Waals surface area contributed by atoms with E-state index in [1.807, 2.05) is 0 Å². The zero-order valence-electron chi connectivity index (χ0n) is 14.3. The van der Waals surface area contributed by atoms with E-state index in [0.717, 1.165) is 29.6 Å². The van der Waals surface area contributed by atoms with Crippen molar-refractivity contribution in [2.45, 2.75) is 92.4 Å². The van der Waals surface area contributed by atoms with E-state index in [0.29, 0.717) is 0 Å². The van der Waals surface area contributed by atoms with Crippen LogP contribution in [0.1, 0.15) is 92.4 Å².